The maximum Gasteiger partial charge on any atom is 0.344 e. The molecule has 0 spiro atoms. The zero-order chi connectivity index (χ0) is 21.6. The molecule has 0 atom stereocenters. The fourth-order valence-electron chi connectivity index (χ4n) is 2.31. The Morgan fingerprint density at radius 3 is 2.62 bits per heavy atom. The Bertz CT molecular complexity index is 853. The van der Waals surface area contributed by atoms with E-state index in [1.54, 1.807) is 39.0 Å². The summed E-state index contributed by atoms with van der Waals surface area (Å²) in [5, 5.41) is -0.564. The first kappa shape index (κ1) is 23.0. The molecule has 1 heterocycles. The zero-order valence-corrected chi connectivity index (χ0v) is 18.5. The summed E-state index contributed by atoms with van der Waals surface area (Å²) in [7, 11) is 0. The van der Waals surface area contributed by atoms with E-state index < -0.39 is 29.6 Å². The van der Waals surface area contributed by atoms with Crippen molar-refractivity contribution in [3.05, 3.63) is 33.1 Å². The van der Waals surface area contributed by atoms with Crippen molar-refractivity contribution in [2.24, 2.45) is 0 Å². The van der Waals surface area contributed by atoms with Crippen molar-refractivity contribution in [3.8, 4) is 5.75 Å². The van der Waals surface area contributed by atoms with Gasteiger partial charge in [-0.3, -0.25) is 19.3 Å². The van der Waals surface area contributed by atoms with Gasteiger partial charge in [-0.1, -0.05) is 15.9 Å². The molecule has 0 N–H and O–H groups in total. The average Bonchev–Trinajstić information content (AvgIpc) is 2.88. The van der Waals surface area contributed by atoms with Crippen LogP contribution in [0.5, 0.6) is 5.75 Å². The number of esters is 2. The second-order valence-corrected chi connectivity index (χ2v) is 7.99. The van der Waals surface area contributed by atoms with Gasteiger partial charge >= 0.3 is 11.9 Å². The van der Waals surface area contributed by atoms with Gasteiger partial charge in [-0.05, 0) is 56.8 Å². The molecule has 1 saturated heterocycles. The maximum atomic E-state index is 12.6. The molecule has 10 heteroatoms. The van der Waals surface area contributed by atoms with Crippen LogP contribution in [0.15, 0.2) is 27.6 Å². The first-order valence-electron chi connectivity index (χ1n) is 8.74. The van der Waals surface area contributed by atoms with Gasteiger partial charge in [0.25, 0.3) is 11.1 Å². The van der Waals surface area contributed by atoms with Crippen LogP contribution in [0, 0.1) is 0 Å². The fraction of sp³-hybridized carbons (Fsp3) is 0.368. The molecule has 0 aromatic heterocycles. The van der Waals surface area contributed by atoms with Crippen LogP contribution in [0.2, 0.25) is 0 Å². The van der Waals surface area contributed by atoms with Crippen LogP contribution < -0.4 is 4.74 Å². The lowest BCUT2D eigenvalue weighted by Crippen LogP contribution is -2.35. The largest absolute Gasteiger partial charge is 0.481 e. The Kier molecular flexibility index (Phi) is 8.27. The van der Waals surface area contributed by atoms with Crippen LogP contribution >= 0.6 is 27.7 Å². The van der Waals surface area contributed by atoms with E-state index in [2.05, 4.69) is 15.9 Å². The minimum Gasteiger partial charge on any atom is -0.481 e. The molecule has 8 nitrogen and oxygen atoms in total. The van der Waals surface area contributed by atoms with Crippen LogP contribution in [0.1, 0.15) is 26.3 Å². The number of ether oxygens (including phenoxy) is 3. The molecular formula is C19H20BrNO7S. The Morgan fingerprint density at radius 2 is 1.97 bits per heavy atom. The molecule has 1 aromatic rings. The van der Waals surface area contributed by atoms with E-state index in [1.165, 1.54) is 6.08 Å². The molecule has 1 aliphatic heterocycles. The molecule has 0 unspecified atom stereocenters. The van der Waals surface area contributed by atoms with Crippen LogP contribution in [-0.4, -0.2) is 53.8 Å². The van der Waals surface area contributed by atoms with E-state index in [0.717, 1.165) is 4.90 Å². The van der Waals surface area contributed by atoms with Gasteiger partial charge in [0.15, 0.2) is 6.61 Å². The van der Waals surface area contributed by atoms with E-state index in [9.17, 15) is 19.2 Å². The van der Waals surface area contributed by atoms with Crippen molar-refractivity contribution in [2.45, 2.75) is 26.9 Å². The van der Waals surface area contributed by atoms with Gasteiger partial charge in [0.1, 0.15) is 12.3 Å². The first-order valence-corrected chi connectivity index (χ1v) is 10.3. The van der Waals surface area contributed by atoms with Crippen molar-refractivity contribution in [3.63, 3.8) is 0 Å². The highest BCUT2D eigenvalue weighted by molar-refractivity contribution is 9.10. The van der Waals surface area contributed by atoms with E-state index in [-0.39, 0.29) is 24.2 Å². The minimum absolute atomic E-state index is 0.131. The summed E-state index contributed by atoms with van der Waals surface area (Å²) in [4.78, 5) is 49.0. The molecule has 1 aromatic carbocycles. The van der Waals surface area contributed by atoms with Crippen molar-refractivity contribution in [2.75, 3.05) is 19.8 Å². The van der Waals surface area contributed by atoms with Gasteiger partial charge in [-0.25, -0.2) is 4.79 Å². The number of imide groups is 1. The summed E-state index contributed by atoms with van der Waals surface area (Å²) in [6.07, 6.45) is 1.13. The average molecular weight is 486 g/mol. The Hall–Kier alpha value is -2.33. The maximum absolute atomic E-state index is 12.6. The number of hydrogen-bond donors (Lipinski definition) is 0. The van der Waals surface area contributed by atoms with Gasteiger partial charge in [-0.2, -0.15) is 0 Å². The van der Waals surface area contributed by atoms with Crippen LogP contribution in [0.25, 0.3) is 6.08 Å². The SMILES string of the molecule is CCOC(=O)COc1ccc(Br)cc1/C=C1/SC(=O)N(CC(=O)OC(C)C)C1=O. The fourth-order valence-corrected chi connectivity index (χ4v) is 3.52. The third kappa shape index (κ3) is 6.60. The van der Waals surface area contributed by atoms with E-state index >= 15 is 0 Å². The van der Waals surface area contributed by atoms with Gasteiger partial charge in [0, 0.05) is 10.0 Å². The van der Waals surface area contributed by atoms with Crippen molar-refractivity contribution < 1.29 is 33.4 Å². The molecule has 0 radical (unpaired) electrons. The van der Waals surface area contributed by atoms with Crippen LogP contribution in [0.3, 0.4) is 0 Å². The predicted octanol–water partition coefficient (Wildman–Crippen LogP) is 3.38. The highest BCUT2D eigenvalue weighted by atomic mass is 79.9. The second-order valence-electron chi connectivity index (χ2n) is 6.08. The topological polar surface area (TPSA) is 99.2 Å². The van der Waals surface area contributed by atoms with Gasteiger partial charge < -0.3 is 14.2 Å². The summed E-state index contributed by atoms with van der Waals surface area (Å²) in [5.41, 5.74) is 0.485. The van der Waals surface area contributed by atoms with Crippen molar-refractivity contribution in [1.82, 2.24) is 4.90 Å². The molecule has 2 rings (SSSR count). The third-order valence-electron chi connectivity index (χ3n) is 3.44. The second kappa shape index (κ2) is 10.4. The summed E-state index contributed by atoms with van der Waals surface area (Å²) in [5.74, 6) is -1.45. The van der Waals surface area contributed by atoms with E-state index in [1.807, 2.05) is 0 Å². The van der Waals surface area contributed by atoms with Gasteiger partial charge in [-0.15, -0.1) is 0 Å². The van der Waals surface area contributed by atoms with Gasteiger partial charge in [0.2, 0.25) is 0 Å². The monoisotopic (exact) mass is 485 g/mol. The highest BCUT2D eigenvalue weighted by Gasteiger charge is 2.37. The summed E-state index contributed by atoms with van der Waals surface area (Å²) in [6.45, 7) is 4.54. The Balaban J connectivity index is 2.19. The lowest BCUT2D eigenvalue weighted by Gasteiger charge is -2.13. The molecule has 29 heavy (non-hydrogen) atoms. The smallest absolute Gasteiger partial charge is 0.344 e. The van der Waals surface area contributed by atoms with Gasteiger partial charge in [0.05, 0.1) is 17.6 Å². The number of thioether (sulfide) groups is 1. The lowest BCUT2D eigenvalue weighted by atomic mass is 10.2. The lowest BCUT2D eigenvalue weighted by molar-refractivity contribution is -0.149. The number of hydrogen-bond acceptors (Lipinski definition) is 8. The first-order chi connectivity index (χ1) is 13.7. The predicted molar refractivity (Wildman–Crippen MR) is 110 cm³/mol. The summed E-state index contributed by atoms with van der Waals surface area (Å²) < 4.78 is 16.0. The molecule has 1 fully saturated rings. The quantitative estimate of drug-likeness (QED) is 0.408. The zero-order valence-electron chi connectivity index (χ0n) is 16.1. The van der Waals surface area contributed by atoms with Crippen LogP contribution in [0.4, 0.5) is 4.79 Å². The minimum atomic E-state index is -0.663. The normalized spacial score (nSPS) is 15.2. The third-order valence-corrected chi connectivity index (χ3v) is 4.84. The van der Waals surface area contributed by atoms with Crippen LogP contribution in [-0.2, 0) is 23.9 Å². The Morgan fingerprint density at radius 1 is 1.24 bits per heavy atom. The number of carbonyl (C=O) groups is 4. The molecule has 1 aliphatic rings. The number of carbonyl (C=O) groups excluding carboxylic acids is 4. The standard InChI is InChI=1S/C19H20BrNO7S/c1-4-26-17(23)10-27-14-6-5-13(20)7-12(14)8-15-18(24)21(19(25)29-15)9-16(22)28-11(2)3/h5-8,11H,4,9-10H2,1-3H3/b15-8+. The number of nitrogens with zero attached hydrogens (tertiary/aromatic N) is 1. The molecule has 0 aliphatic carbocycles. The number of halogens is 1. The molecule has 0 saturated carbocycles. The molecule has 156 valence electrons. The number of benzene rings is 1. The van der Waals surface area contributed by atoms with Crippen molar-refractivity contribution >= 4 is 56.9 Å². The van der Waals surface area contributed by atoms with E-state index in [4.69, 9.17) is 14.2 Å². The molecular weight excluding hydrogens is 466 g/mol. The number of amides is 2. The number of rotatable bonds is 8. The highest BCUT2D eigenvalue weighted by Crippen LogP contribution is 2.34. The van der Waals surface area contributed by atoms with Crippen molar-refractivity contribution in [1.29, 1.82) is 0 Å². The molecule has 0 bridgehead atoms. The van der Waals surface area contributed by atoms with E-state index in [0.29, 0.717) is 27.5 Å². The molecule has 2 amide bonds. The Labute approximate surface area is 180 Å². The summed E-state index contributed by atoms with van der Waals surface area (Å²) in [6, 6.07) is 5.02. The summed E-state index contributed by atoms with van der Waals surface area (Å²) >= 11 is 4.05.